The van der Waals surface area contributed by atoms with Gasteiger partial charge in [-0.15, -0.1) is 0 Å². The molecule has 2 rings (SSSR count). The number of benzene rings is 1. The first-order valence-corrected chi connectivity index (χ1v) is 8.53. The average Bonchev–Trinajstić information content (AvgIpc) is 2.57. The summed E-state index contributed by atoms with van der Waals surface area (Å²) < 4.78 is 0. The number of hydrogen-bond donors (Lipinski definition) is 1. The van der Waals surface area contributed by atoms with Crippen molar-refractivity contribution in [3.8, 4) is 0 Å². The van der Waals surface area contributed by atoms with E-state index in [4.69, 9.17) is 0 Å². The zero-order valence-corrected chi connectivity index (χ0v) is 14.5. The molecule has 1 aromatic carbocycles. The van der Waals surface area contributed by atoms with Crippen molar-refractivity contribution >= 4 is 11.8 Å². The van der Waals surface area contributed by atoms with E-state index in [1.54, 1.807) is 0 Å². The molecule has 23 heavy (non-hydrogen) atoms. The van der Waals surface area contributed by atoms with Crippen molar-refractivity contribution in [2.45, 2.75) is 39.5 Å². The molecular weight excluding hydrogens is 284 g/mol. The maximum Gasteiger partial charge on any atom is 0.224 e. The second-order valence-electron chi connectivity index (χ2n) is 5.98. The van der Waals surface area contributed by atoms with Crippen LogP contribution < -0.4 is 10.2 Å². The van der Waals surface area contributed by atoms with E-state index in [-0.39, 0.29) is 0 Å². The molecule has 0 atom stereocenters. The first-order chi connectivity index (χ1) is 11.2. The highest BCUT2D eigenvalue weighted by Crippen LogP contribution is 2.14. The maximum absolute atomic E-state index is 4.63. The summed E-state index contributed by atoms with van der Waals surface area (Å²) in [5.41, 5.74) is 2.38. The maximum atomic E-state index is 4.63. The van der Waals surface area contributed by atoms with Gasteiger partial charge in [0.15, 0.2) is 0 Å². The molecule has 0 fully saturated rings. The van der Waals surface area contributed by atoms with Crippen LogP contribution in [0, 0.1) is 6.92 Å². The van der Waals surface area contributed by atoms with Crippen molar-refractivity contribution in [3.05, 3.63) is 47.7 Å². The normalized spacial score (nSPS) is 10.6. The van der Waals surface area contributed by atoms with Crippen LogP contribution >= 0.6 is 0 Å². The Labute approximate surface area is 140 Å². The highest BCUT2D eigenvalue weighted by atomic mass is 15.2. The molecule has 0 unspecified atom stereocenters. The van der Waals surface area contributed by atoms with Crippen LogP contribution in [-0.4, -0.2) is 30.1 Å². The molecule has 1 N–H and O–H groups in total. The second kappa shape index (κ2) is 9.13. The molecule has 1 aromatic heterocycles. The molecule has 0 amide bonds. The second-order valence-corrected chi connectivity index (χ2v) is 5.98. The highest BCUT2D eigenvalue weighted by Gasteiger charge is 2.06. The van der Waals surface area contributed by atoms with Gasteiger partial charge in [-0.1, -0.05) is 43.7 Å². The predicted octanol–water partition coefficient (Wildman–Crippen LogP) is 4.07. The topological polar surface area (TPSA) is 41.1 Å². The molecule has 0 aliphatic carbocycles. The van der Waals surface area contributed by atoms with E-state index in [2.05, 4.69) is 64.5 Å². The summed E-state index contributed by atoms with van der Waals surface area (Å²) >= 11 is 0. The molecule has 4 heteroatoms. The lowest BCUT2D eigenvalue weighted by Gasteiger charge is -2.19. The number of aryl methyl sites for hydroxylation is 2. The van der Waals surface area contributed by atoms with Gasteiger partial charge in [0, 0.05) is 31.9 Å². The van der Waals surface area contributed by atoms with Crippen LogP contribution in [0.15, 0.2) is 36.4 Å². The van der Waals surface area contributed by atoms with Crippen LogP contribution in [0.3, 0.4) is 0 Å². The number of aromatic nitrogens is 2. The lowest BCUT2D eigenvalue weighted by atomic mass is 10.1. The summed E-state index contributed by atoms with van der Waals surface area (Å²) in [5.74, 6) is 1.73. The van der Waals surface area contributed by atoms with Crippen molar-refractivity contribution in [2.24, 2.45) is 0 Å². The smallest absolute Gasteiger partial charge is 0.224 e. The molecule has 0 bridgehead atoms. The Morgan fingerprint density at radius 2 is 1.87 bits per heavy atom. The number of hydrogen-bond acceptors (Lipinski definition) is 4. The summed E-state index contributed by atoms with van der Waals surface area (Å²) in [4.78, 5) is 11.3. The summed E-state index contributed by atoms with van der Waals surface area (Å²) in [6.07, 6.45) is 4.52. The third-order valence-electron chi connectivity index (χ3n) is 3.85. The lowest BCUT2D eigenvalue weighted by molar-refractivity contribution is 0.757. The molecule has 124 valence electrons. The molecule has 4 nitrogen and oxygen atoms in total. The van der Waals surface area contributed by atoms with Gasteiger partial charge in [0.2, 0.25) is 5.95 Å². The van der Waals surface area contributed by atoms with Crippen LogP contribution in [0.4, 0.5) is 11.8 Å². The van der Waals surface area contributed by atoms with Gasteiger partial charge in [0.25, 0.3) is 0 Å². The molecule has 0 spiro atoms. The lowest BCUT2D eigenvalue weighted by Crippen LogP contribution is -2.20. The van der Waals surface area contributed by atoms with Gasteiger partial charge in [-0.2, -0.15) is 4.98 Å². The number of nitrogens with zero attached hydrogens (tertiary/aromatic N) is 3. The van der Waals surface area contributed by atoms with Gasteiger partial charge in [0.05, 0.1) is 0 Å². The monoisotopic (exact) mass is 312 g/mol. The van der Waals surface area contributed by atoms with E-state index in [0.717, 1.165) is 43.4 Å². The van der Waals surface area contributed by atoms with E-state index in [1.165, 1.54) is 18.4 Å². The van der Waals surface area contributed by atoms with E-state index < -0.39 is 0 Å². The minimum absolute atomic E-state index is 0.733. The van der Waals surface area contributed by atoms with Gasteiger partial charge in [0.1, 0.15) is 5.82 Å². The quantitative estimate of drug-likeness (QED) is 0.709. The fourth-order valence-corrected chi connectivity index (χ4v) is 2.47. The molecule has 0 saturated heterocycles. The highest BCUT2D eigenvalue weighted by molar-refractivity contribution is 5.44. The van der Waals surface area contributed by atoms with Crippen molar-refractivity contribution in [1.29, 1.82) is 0 Å². The molecule has 1 heterocycles. The zero-order valence-electron chi connectivity index (χ0n) is 14.5. The summed E-state index contributed by atoms with van der Waals surface area (Å²) in [6.45, 7) is 6.14. The van der Waals surface area contributed by atoms with Gasteiger partial charge in [-0.3, -0.25) is 0 Å². The Bertz CT molecular complexity index is 583. The number of nitrogens with one attached hydrogen (secondary N) is 1. The molecular formula is C19H28N4. The Balaban J connectivity index is 1.86. The van der Waals surface area contributed by atoms with Crippen molar-refractivity contribution in [3.63, 3.8) is 0 Å². The molecule has 0 aliphatic rings. The van der Waals surface area contributed by atoms with Crippen LogP contribution in [0.25, 0.3) is 0 Å². The van der Waals surface area contributed by atoms with Gasteiger partial charge in [-0.25, -0.2) is 4.98 Å². The molecule has 0 radical (unpaired) electrons. The Hall–Kier alpha value is -2.10. The van der Waals surface area contributed by atoms with Crippen LogP contribution in [-0.2, 0) is 6.42 Å². The van der Waals surface area contributed by atoms with Gasteiger partial charge < -0.3 is 10.2 Å². The first-order valence-electron chi connectivity index (χ1n) is 8.53. The Morgan fingerprint density at radius 1 is 1.09 bits per heavy atom. The summed E-state index contributed by atoms with van der Waals surface area (Å²) in [5, 5.41) is 3.36. The largest absolute Gasteiger partial charge is 0.360 e. The number of anilines is 2. The minimum atomic E-state index is 0.733. The van der Waals surface area contributed by atoms with Gasteiger partial charge in [-0.05, 0) is 31.7 Å². The standard InChI is InChI=1S/C19H28N4/c1-4-5-14-23(3)18-15-16(2)21-19(22-18)20-13-9-12-17-10-7-6-8-11-17/h6-8,10-11,15H,4-5,9,12-14H2,1-3H3,(H,20,21,22). The fraction of sp³-hybridized carbons (Fsp3) is 0.474. The summed E-state index contributed by atoms with van der Waals surface area (Å²) in [6, 6.07) is 12.6. The number of unbranched alkanes of at least 4 members (excludes halogenated alkanes) is 1. The van der Waals surface area contributed by atoms with Crippen LogP contribution in [0.5, 0.6) is 0 Å². The number of rotatable bonds is 9. The molecule has 2 aromatic rings. The fourth-order valence-electron chi connectivity index (χ4n) is 2.47. The van der Waals surface area contributed by atoms with E-state index in [9.17, 15) is 0 Å². The van der Waals surface area contributed by atoms with E-state index >= 15 is 0 Å². The molecule has 0 aliphatic heterocycles. The van der Waals surface area contributed by atoms with Crippen molar-refractivity contribution in [1.82, 2.24) is 9.97 Å². The Morgan fingerprint density at radius 3 is 2.61 bits per heavy atom. The van der Waals surface area contributed by atoms with Crippen LogP contribution in [0.1, 0.15) is 37.4 Å². The van der Waals surface area contributed by atoms with Gasteiger partial charge >= 0.3 is 0 Å². The zero-order chi connectivity index (χ0) is 16.5. The molecule has 0 saturated carbocycles. The minimum Gasteiger partial charge on any atom is -0.360 e. The average molecular weight is 312 g/mol. The summed E-state index contributed by atoms with van der Waals surface area (Å²) in [7, 11) is 2.09. The van der Waals surface area contributed by atoms with E-state index in [0.29, 0.717) is 0 Å². The first kappa shape index (κ1) is 17.3. The van der Waals surface area contributed by atoms with Crippen molar-refractivity contribution in [2.75, 3.05) is 30.4 Å². The Kier molecular flexibility index (Phi) is 6.85. The van der Waals surface area contributed by atoms with Crippen LogP contribution in [0.2, 0.25) is 0 Å². The van der Waals surface area contributed by atoms with E-state index in [1.807, 2.05) is 13.0 Å². The predicted molar refractivity (Wildman–Crippen MR) is 98.2 cm³/mol. The van der Waals surface area contributed by atoms with Crippen molar-refractivity contribution < 1.29 is 0 Å². The third-order valence-corrected chi connectivity index (χ3v) is 3.85. The SMILES string of the molecule is CCCCN(C)c1cc(C)nc(NCCCc2ccccc2)n1. The third kappa shape index (κ3) is 5.89.